The lowest BCUT2D eigenvalue weighted by Crippen LogP contribution is -2.35. The number of nitrogens with two attached hydrogens (primary N) is 1. The first-order valence-electron chi connectivity index (χ1n) is 4.59. The Labute approximate surface area is 90.7 Å². The first kappa shape index (κ1) is 12.2. The zero-order valence-electron chi connectivity index (χ0n) is 9.19. The van der Waals surface area contributed by atoms with E-state index in [0.717, 1.165) is 27.4 Å². The molecular formula is C10H16N2O2S. The van der Waals surface area contributed by atoms with Crippen LogP contribution in [0.1, 0.15) is 16.7 Å². The molecule has 1 aromatic rings. The fourth-order valence-electron chi connectivity index (χ4n) is 1.31. The van der Waals surface area contributed by atoms with Crippen molar-refractivity contribution in [1.29, 1.82) is 0 Å². The Balaban J connectivity index is 2.91. The number of hydrazine groups is 1. The van der Waals surface area contributed by atoms with E-state index in [0.29, 0.717) is 0 Å². The predicted molar refractivity (Wildman–Crippen MR) is 60.5 cm³/mol. The van der Waals surface area contributed by atoms with Crippen molar-refractivity contribution in [2.75, 3.05) is 6.26 Å². The van der Waals surface area contributed by atoms with Crippen LogP contribution in [0.15, 0.2) is 18.2 Å². The molecule has 0 fully saturated rings. The molecule has 0 heterocycles. The first-order chi connectivity index (χ1) is 6.80. The number of hydrogen-bond acceptors (Lipinski definition) is 3. The van der Waals surface area contributed by atoms with Gasteiger partial charge in [0, 0.05) is 0 Å². The van der Waals surface area contributed by atoms with Crippen molar-refractivity contribution in [2.45, 2.75) is 20.4 Å². The average molecular weight is 228 g/mol. The van der Waals surface area contributed by atoms with E-state index in [4.69, 9.17) is 5.84 Å². The molecule has 0 saturated heterocycles. The molecule has 0 spiro atoms. The minimum absolute atomic E-state index is 0.213. The van der Waals surface area contributed by atoms with Crippen molar-refractivity contribution >= 4 is 10.0 Å². The van der Waals surface area contributed by atoms with Crippen molar-refractivity contribution in [3.8, 4) is 0 Å². The Morgan fingerprint density at radius 3 is 2.40 bits per heavy atom. The lowest BCUT2D eigenvalue weighted by Gasteiger charge is -2.15. The molecule has 0 saturated carbocycles. The van der Waals surface area contributed by atoms with E-state index in [9.17, 15) is 8.42 Å². The van der Waals surface area contributed by atoms with Gasteiger partial charge in [-0.2, -0.15) is 0 Å². The summed E-state index contributed by atoms with van der Waals surface area (Å²) in [5.74, 6) is 5.44. The molecule has 0 aromatic heterocycles. The van der Waals surface area contributed by atoms with Crippen LogP contribution in [-0.2, 0) is 16.6 Å². The Hall–Kier alpha value is -0.910. The van der Waals surface area contributed by atoms with Crippen LogP contribution >= 0.6 is 0 Å². The van der Waals surface area contributed by atoms with Gasteiger partial charge in [0.2, 0.25) is 10.0 Å². The second kappa shape index (κ2) is 4.30. The normalized spacial score (nSPS) is 12.1. The van der Waals surface area contributed by atoms with Crippen LogP contribution in [0, 0.1) is 13.8 Å². The lowest BCUT2D eigenvalue weighted by atomic mass is 10.1. The summed E-state index contributed by atoms with van der Waals surface area (Å²) in [5, 5.41) is 0. The summed E-state index contributed by atoms with van der Waals surface area (Å²) in [6.45, 7) is 4.15. The monoisotopic (exact) mass is 228 g/mol. The van der Waals surface area contributed by atoms with Crippen molar-refractivity contribution in [2.24, 2.45) is 5.84 Å². The molecule has 0 unspecified atom stereocenters. The van der Waals surface area contributed by atoms with Gasteiger partial charge in [-0.15, -0.1) is 4.41 Å². The summed E-state index contributed by atoms with van der Waals surface area (Å²) < 4.78 is 23.1. The number of rotatable bonds is 3. The molecular weight excluding hydrogens is 212 g/mol. The van der Waals surface area contributed by atoms with Gasteiger partial charge in [-0.1, -0.05) is 23.8 Å². The third-order valence-corrected chi connectivity index (χ3v) is 3.23. The summed E-state index contributed by atoms with van der Waals surface area (Å²) in [7, 11) is -3.32. The van der Waals surface area contributed by atoms with Crippen LogP contribution in [0.25, 0.3) is 0 Å². The van der Waals surface area contributed by atoms with Gasteiger partial charge >= 0.3 is 0 Å². The fourth-order valence-corrected chi connectivity index (χ4v) is 1.68. The van der Waals surface area contributed by atoms with Crippen LogP contribution in [0.4, 0.5) is 0 Å². The van der Waals surface area contributed by atoms with E-state index in [-0.39, 0.29) is 6.54 Å². The SMILES string of the molecule is Cc1ccc(CN(N)S(C)(=O)=O)c(C)c1. The van der Waals surface area contributed by atoms with E-state index in [1.54, 1.807) is 0 Å². The van der Waals surface area contributed by atoms with E-state index in [1.165, 1.54) is 0 Å². The van der Waals surface area contributed by atoms with Crippen molar-refractivity contribution in [1.82, 2.24) is 4.41 Å². The van der Waals surface area contributed by atoms with Gasteiger partial charge in [0.05, 0.1) is 12.8 Å². The third kappa shape index (κ3) is 3.30. The van der Waals surface area contributed by atoms with Crippen molar-refractivity contribution in [3.05, 3.63) is 34.9 Å². The van der Waals surface area contributed by atoms with Crippen LogP contribution in [0.3, 0.4) is 0 Å². The highest BCUT2D eigenvalue weighted by Gasteiger charge is 2.12. The molecule has 84 valence electrons. The van der Waals surface area contributed by atoms with Gasteiger partial charge < -0.3 is 0 Å². The molecule has 2 N–H and O–H groups in total. The van der Waals surface area contributed by atoms with Gasteiger partial charge in [-0.3, -0.25) is 5.84 Å². The maximum absolute atomic E-state index is 11.1. The molecule has 0 bridgehead atoms. The second-order valence-corrected chi connectivity index (χ2v) is 5.67. The molecule has 0 aliphatic carbocycles. The highest BCUT2D eigenvalue weighted by molar-refractivity contribution is 7.88. The molecule has 1 aromatic carbocycles. The zero-order chi connectivity index (χ0) is 11.6. The van der Waals surface area contributed by atoms with Crippen LogP contribution in [-0.4, -0.2) is 19.1 Å². The summed E-state index contributed by atoms with van der Waals surface area (Å²) in [4.78, 5) is 0. The third-order valence-electron chi connectivity index (χ3n) is 2.25. The number of sulfonamides is 1. The maximum atomic E-state index is 11.1. The second-order valence-electron chi connectivity index (χ2n) is 3.74. The summed E-state index contributed by atoms with van der Waals surface area (Å²) in [6, 6.07) is 5.85. The summed E-state index contributed by atoms with van der Waals surface area (Å²) in [5.41, 5.74) is 3.13. The number of benzene rings is 1. The molecule has 15 heavy (non-hydrogen) atoms. The van der Waals surface area contributed by atoms with E-state index in [1.807, 2.05) is 32.0 Å². The predicted octanol–water partition coefficient (Wildman–Crippen LogP) is 0.939. The standard InChI is InChI=1S/C10H16N2O2S/c1-8-4-5-10(9(2)6-8)7-12(11)15(3,13)14/h4-6H,7,11H2,1-3H3. The van der Waals surface area contributed by atoms with E-state index >= 15 is 0 Å². The molecule has 0 radical (unpaired) electrons. The minimum atomic E-state index is -3.32. The Morgan fingerprint density at radius 1 is 1.33 bits per heavy atom. The minimum Gasteiger partial charge on any atom is -0.255 e. The quantitative estimate of drug-likeness (QED) is 0.618. The Bertz CT molecular complexity index is 454. The number of hydrogen-bond donors (Lipinski definition) is 1. The van der Waals surface area contributed by atoms with Gasteiger partial charge in [0.1, 0.15) is 0 Å². The van der Waals surface area contributed by atoms with Crippen LogP contribution in [0.5, 0.6) is 0 Å². The Kier molecular flexibility index (Phi) is 3.49. The molecule has 5 heteroatoms. The molecule has 0 amide bonds. The molecule has 0 aliphatic heterocycles. The highest BCUT2D eigenvalue weighted by atomic mass is 32.2. The number of aryl methyl sites for hydroxylation is 2. The summed E-state index contributed by atoms with van der Waals surface area (Å²) in [6.07, 6.45) is 1.09. The Morgan fingerprint density at radius 2 is 1.93 bits per heavy atom. The lowest BCUT2D eigenvalue weighted by molar-refractivity contribution is 0.425. The maximum Gasteiger partial charge on any atom is 0.224 e. The fraction of sp³-hybridized carbons (Fsp3) is 0.400. The largest absolute Gasteiger partial charge is 0.255 e. The van der Waals surface area contributed by atoms with Gasteiger partial charge in [0.25, 0.3) is 0 Å². The number of nitrogens with zero attached hydrogens (tertiary/aromatic N) is 1. The molecule has 0 atom stereocenters. The topological polar surface area (TPSA) is 63.4 Å². The molecule has 1 rings (SSSR count). The van der Waals surface area contributed by atoms with Crippen LogP contribution < -0.4 is 5.84 Å². The summed E-state index contributed by atoms with van der Waals surface area (Å²) >= 11 is 0. The molecule has 0 aliphatic rings. The average Bonchev–Trinajstić information content (AvgIpc) is 2.08. The van der Waals surface area contributed by atoms with Gasteiger partial charge in [-0.25, -0.2) is 8.42 Å². The van der Waals surface area contributed by atoms with Gasteiger partial charge in [0.15, 0.2) is 0 Å². The van der Waals surface area contributed by atoms with Crippen molar-refractivity contribution in [3.63, 3.8) is 0 Å². The highest BCUT2D eigenvalue weighted by Crippen LogP contribution is 2.12. The van der Waals surface area contributed by atoms with E-state index < -0.39 is 10.0 Å². The smallest absolute Gasteiger partial charge is 0.224 e. The molecule has 4 nitrogen and oxygen atoms in total. The first-order valence-corrected chi connectivity index (χ1v) is 6.44. The van der Waals surface area contributed by atoms with E-state index in [2.05, 4.69) is 0 Å². The zero-order valence-corrected chi connectivity index (χ0v) is 10.0. The van der Waals surface area contributed by atoms with Crippen LogP contribution in [0.2, 0.25) is 0 Å². The van der Waals surface area contributed by atoms with Gasteiger partial charge in [-0.05, 0) is 25.0 Å². The van der Waals surface area contributed by atoms with Crippen molar-refractivity contribution < 1.29 is 8.42 Å².